The van der Waals surface area contributed by atoms with Crippen LogP contribution in [0.15, 0.2) is 0 Å². The molecule has 2 unspecified atom stereocenters. The first-order chi connectivity index (χ1) is 6.52. The predicted octanol–water partition coefficient (Wildman–Crippen LogP) is 1.68. The first-order valence-corrected chi connectivity index (χ1v) is 5.56. The maximum atomic E-state index is 9.61. The van der Waals surface area contributed by atoms with E-state index in [4.69, 9.17) is 10.5 Å². The number of hydrogen-bond acceptors (Lipinski definition) is 3. The third kappa shape index (κ3) is 7.30. The lowest BCUT2D eigenvalue weighted by Crippen LogP contribution is -2.33. The van der Waals surface area contributed by atoms with E-state index >= 15 is 0 Å². The minimum atomic E-state index is -0.698. The van der Waals surface area contributed by atoms with Crippen LogP contribution in [-0.2, 0) is 4.74 Å². The molecule has 0 aliphatic rings. The highest BCUT2D eigenvalue weighted by Crippen LogP contribution is 2.11. The van der Waals surface area contributed by atoms with E-state index in [2.05, 4.69) is 13.8 Å². The Hall–Kier alpha value is -0.120. The van der Waals surface area contributed by atoms with E-state index < -0.39 is 5.60 Å². The SMILES string of the molecule is CCC(C)OCCCCC(C)(O)CN. The van der Waals surface area contributed by atoms with Gasteiger partial charge in [-0.2, -0.15) is 0 Å². The van der Waals surface area contributed by atoms with Crippen molar-refractivity contribution in [2.75, 3.05) is 13.2 Å². The zero-order valence-corrected chi connectivity index (χ0v) is 9.75. The predicted molar refractivity (Wildman–Crippen MR) is 59.2 cm³/mol. The second-order valence-electron chi connectivity index (χ2n) is 4.25. The molecule has 3 heteroatoms. The van der Waals surface area contributed by atoms with Crippen LogP contribution in [0.1, 0.15) is 46.5 Å². The summed E-state index contributed by atoms with van der Waals surface area (Å²) in [6.45, 7) is 7.09. The minimum Gasteiger partial charge on any atom is -0.389 e. The molecule has 0 bridgehead atoms. The van der Waals surface area contributed by atoms with Gasteiger partial charge in [0.15, 0.2) is 0 Å². The lowest BCUT2D eigenvalue weighted by atomic mass is 10.00. The summed E-state index contributed by atoms with van der Waals surface area (Å²) in [5.41, 5.74) is 4.71. The Morgan fingerprint density at radius 3 is 2.57 bits per heavy atom. The van der Waals surface area contributed by atoms with Crippen LogP contribution >= 0.6 is 0 Å². The first kappa shape index (κ1) is 13.9. The van der Waals surface area contributed by atoms with Crippen LogP contribution in [0.4, 0.5) is 0 Å². The zero-order chi connectivity index (χ0) is 11.0. The standard InChI is InChI=1S/C11H25NO2/c1-4-10(2)14-8-6-5-7-11(3,13)9-12/h10,13H,4-9,12H2,1-3H3. The second-order valence-corrected chi connectivity index (χ2v) is 4.25. The molecule has 2 atom stereocenters. The van der Waals surface area contributed by atoms with E-state index in [1.54, 1.807) is 6.92 Å². The van der Waals surface area contributed by atoms with E-state index in [0.29, 0.717) is 12.6 Å². The van der Waals surface area contributed by atoms with E-state index in [0.717, 1.165) is 32.3 Å². The molecular formula is C11H25NO2. The van der Waals surface area contributed by atoms with Gasteiger partial charge in [-0.05, 0) is 39.5 Å². The summed E-state index contributed by atoms with van der Waals surface area (Å²) < 4.78 is 5.53. The van der Waals surface area contributed by atoms with Crippen molar-refractivity contribution in [1.29, 1.82) is 0 Å². The van der Waals surface area contributed by atoms with Crippen molar-refractivity contribution in [3.8, 4) is 0 Å². The topological polar surface area (TPSA) is 55.5 Å². The molecule has 0 radical (unpaired) electrons. The van der Waals surface area contributed by atoms with Crippen LogP contribution in [0.2, 0.25) is 0 Å². The maximum Gasteiger partial charge on any atom is 0.0741 e. The van der Waals surface area contributed by atoms with Crippen molar-refractivity contribution in [1.82, 2.24) is 0 Å². The molecule has 0 aromatic carbocycles. The highest BCUT2D eigenvalue weighted by molar-refractivity contribution is 4.72. The van der Waals surface area contributed by atoms with Crippen LogP contribution in [-0.4, -0.2) is 30.0 Å². The van der Waals surface area contributed by atoms with Gasteiger partial charge in [-0.15, -0.1) is 0 Å². The summed E-state index contributed by atoms with van der Waals surface area (Å²) >= 11 is 0. The Bertz CT molecular complexity index is 137. The Morgan fingerprint density at radius 2 is 2.07 bits per heavy atom. The van der Waals surface area contributed by atoms with Crippen molar-refractivity contribution in [2.24, 2.45) is 5.73 Å². The molecule has 3 nitrogen and oxygen atoms in total. The number of rotatable bonds is 8. The van der Waals surface area contributed by atoms with E-state index in [1.165, 1.54) is 0 Å². The van der Waals surface area contributed by atoms with Gasteiger partial charge in [0, 0.05) is 13.2 Å². The summed E-state index contributed by atoms with van der Waals surface area (Å²) in [6, 6.07) is 0. The van der Waals surface area contributed by atoms with Gasteiger partial charge in [-0.1, -0.05) is 6.92 Å². The van der Waals surface area contributed by atoms with Crippen molar-refractivity contribution in [2.45, 2.75) is 58.2 Å². The quantitative estimate of drug-likeness (QED) is 0.590. The smallest absolute Gasteiger partial charge is 0.0741 e. The molecule has 0 amide bonds. The molecule has 0 spiro atoms. The van der Waals surface area contributed by atoms with Crippen LogP contribution in [0.25, 0.3) is 0 Å². The Balaban J connectivity index is 3.30. The monoisotopic (exact) mass is 203 g/mol. The Kier molecular flexibility index (Phi) is 7.15. The number of nitrogens with two attached hydrogens (primary N) is 1. The summed E-state index contributed by atoms with van der Waals surface area (Å²) in [6.07, 6.45) is 4.14. The van der Waals surface area contributed by atoms with Gasteiger partial charge in [0.2, 0.25) is 0 Å². The van der Waals surface area contributed by atoms with Crippen molar-refractivity contribution in [3.63, 3.8) is 0 Å². The molecule has 0 aliphatic heterocycles. The van der Waals surface area contributed by atoms with Gasteiger partial charge in [-0.25, -0.2) is 0 Å². The van der Waals surface area contributed by atoms with Crippen LogP contribution in [0.3, 0.4) is 0 Å². The van der Waals surface area contributed by atoms with E-state index in [9.17, 15) is 5.11 Å². The second kappa shape index (κ2) is 7.21. The molecule has 86 valence electrons. The number of aliphatic hydroxyl groups is 1. The zero-order valence-electron chi connectivity index (χ0n) is 9.75. The first-order valence-electron chi connectivity index (χ1n) is 5.56. The molecule has 0 aromatic rings. The van der Waals surface area contributed by atoms with Crippen molar-refractivity contribution in [3.05, 3.63) is 0 Å². The van der Waals surface area contributed by atoms with Gasteiger partial charge >= 0.3 is 0 Å². The van der Waals surface area contributed by atoms with E-state index in [1.807, 2.05) is 0 Å². The van der Waals surface area contributed by atoms with Gasteiger partial charge < -0.3 is 15.6 Å². The molecule has 0 rings (SSSR count). The molecule has 3 N–H and O–H groups in total. The lowest BCUT2D eigenvalue weighted by molar-refractivity contribution is 0.0414. The molecule has 0 saturated heterocycles. The fourth-order valence-electron chi connectivity index (χ4n) is 1.11. The highest BCUT2D eigenvalue weighted by Gasteiger charge is 2.16. The maximum absolute atomic E-state index is 9.61. The van der Waals surface area contributed by atoms with E-state index in [-0.39, 0.29) is 0 Å². The summed E-state index contributed by atoms with van der Waals surface area (Å²) in [5.74, 6) is 0. The number of hydrogen-bond donors (Lipinski definition) is 2. The van der Waals surface area contributed by atoms with Gasteiger partial charge in [-0.3, -0.25) is 0 Å². The molecule has 0 fully saturated rings. The number of ether oxygens (including phenoxy) is 1. The Labute approximate surface area is 87.6 Å². The van der Waals surface area contributed by atoms with Crippen LogP contribution < -0.4 is 5.73 Å². The average Bonchev–Trinajstić information content (AvgIpc) is 2.17. The van der Waals surface area contributed by atoms with Gasteiger partial charge in [0.05, 0.1) is 11.7 Å². The van der Waals surface area contributed by atoms with Crippen LogP contribution in [0, 0.1) is 0 Å². The van der Waals surface area contributed by atoms with Crippen LogP contribution in [0.5, 0.6) is 0 Å². The fraction of sp³-hybridized carbons (Fsp3) is 1.00. The average molecular weight is 203 g/mol. The Morgan fingerprint density at radius 1 is 1.43 bits per heavy atom. The molecule has 0 saturated carbocycles. The minimum absolute atomic E-state index is 0.333. The molecule has 14 heavy (non-hydrogen) atoms. The fourth-order valence-corrected chi connectivity index (χ4v) is 1.11. The summed E-state index contributed by atoms with van der Waals surface area (Å²) in [5, 5.41) is 9.61. The molecule has 0 aromatic heterocycles. The molecule has 0 aliphatic carbocycles. The van der Waals surface area contributed by atoms with Crippen molar-refractivity contribution >= 4 is 0 Å². The third-order valence-corrected chi connectivity index (χ3v) is 2.53. The molecular weight excluding hydrogens is 178 g/mol. The van der Waals surface area contributed by atoms with Crippen molar-refractivity contribution < 1.29 is 9.84 Å². The highest BCUT2D eigenvalue weighted by atomic mass is 16.5. The normalized spacial score (nSPS) is 17.8. The van der Waals surface area contributed by atoms with Gasteiger partial charge in [0.1, 0.15) is 0 Å². The number of unbranched alkanes of at least 4 members (excludes halogenated alkanes) is 1. The summed E-state index contributed by atoms with van der Waals surface area (Å²) in [4.78, 5) is 0. The summed E-state index contributed by atoms with van der Waals surface area (Å²) in [7, 11) is 0. The molecule has 0 heterocycles. The van der Waals surface area contributed by atoms with Gasteiger partial charge in [0.25, 0.3) is 0 Å². The third-order valence-electron chi connectivity index (χ3n) is 2.53. The largest absolute Gasteiger partial charge is 0.389 e. The lowest BCUT2D eigenvalue weighted by Gasteiger charge is -2.20.